The van der Waals surface area contributed by atoms with E-state index in [0.29, 0.717) is 10.0 Å². The van der Waals surface area contributed by atoms with Crippen LogP contribution in [0.2, 0.25) is 10.0 Å². The van der Waals surface area contributed by atoms with E-state index >= 15 is 0 Å². The molecule has 0 unspecified atom stereocenters. The van der Waals surface area contributed by atoms with E-state index in [-0.39, 0.29) is 0 Å². The maximum atomic E-state index is 6.20. The number of rotatable bonds is 2. The fraction of sp³-hybridized carbons (Fsp3) is 0.286. The SMILES string of the molecule is Clc1ccc(-c2csc(N=C3CCCCN3)n2)c(Cl)c1. The number of hydrogen-bond donors (Lipinski definition) is 1. The zero-order valence-corrected chi connectivity index (χ0v) is 13.0. The van der Waals surface area contributed by atoms with Crippen LogP contribution < -0.4 is 5.32 Å². The summed E-state index contributed by atoms with van der Waals surface area (Å²) in [4.78, 5) is 9.08. The van der Waals surface area contributed by atoms with Gasteiger partial charge in [-0.05, 0) is 31.0 Å². The van der Waals surface area contributed by atoms with E-state index in [1.807, 2.05) is 17.5 Å². The Morgan fingerprint density at radius 3 is 2.90 bits per heavy atom. The minimum Gasteiger partial charge on any atom is -0.373 e. The van der Waals surface area contributed by atoms with Gasteiger partial charge in [-0.3, -0.25) is 0 Å². The normalized spacial score (nSPS) is 17.2. The van der Waals surface area contributed by atoms with Gasteiger partial charge < -0.3 is 5.32 Å². The summed E-state index contributed by atoms with van der Waals surface area (Å²) < 4.78 is 0. The van der Waals surface area contributed by atoms with Crippen LogP contribution in [0.25, 0.3) is 11.3 Å². The molecule has 1 aliphatic heterocycles. The number of benzene rings is 1. The second kappa shape index (κ2) is 6.12. The van der Waals surface area contributed by atoms with E-state index in [9.17, 15) is 0 Å². The summed E-state index contributed by atoms with van der Waals surface area (Å²) in [6.07, 6.45) is 3.40. The van der Waals surface area contributed by atoms with Crippen molar-refractivity contribution in [2.75, 3.05) is 6.54 Å². The Morgan fingerprint density at radius 2 is 2.15 bits per heavy atom. The second-order valence-corrected chi connectivity index (χ2v) is 6.26. The summed E-state index contributed by atoms with van der Waals surface area (Å²) in [6.45, 7) is 1.00. The van der Waals surface area contributed by atoms with Gasteiger partial charge >= 0.3 is 0 Å². The lowest BCUT2D eigenvalue weighted by Crippen LogP contribution is -2.28. The Kier molecular flexibility index (Phi) is 4.24. The largest absolute Gasteiger partial charge is 0.373 e. The zero-order valence-electron chi connectivity index (χ0n) is 10.7. The van der Waals surface area contributed by atoms with Gasteiger partial charge in [0.25, 0.3) is 0 Å². The standard InChI is InChI=1S/C14H13Cl2N3S/c15-9-4-5-10(11(16)7-9)12-8-20-14(18-12)19-13-3-1-2-6-17-13/h4-5,7-8H,1-3,6H2,(H,17,18,19). The maximum absolute atomic E-state index is 6.20. The van der Waals surface area contributed by atoms with Gasteiger partial charge in [-0.15, -0.1) is 11.3 Å². The molecule has 0 aliphatic carbocycles. The van der Waals surface area contributed by atoms with Crippen molar-refractivity contribution >= 4 is 45.5 Å². The molecule has 1 aromatic heterocycles. The van der Waals surface area contributed by atoms with E-state index in [2.05, 4.69) is 15.3 Å². The van der Waals surface area contributed by atoms with Gasteiger partial charge in [0.2, 0.25) is 5.13 Å². The average Bonchev–Trinajstić information content (AvgIpc) is 2.88. The predicted octanol–water partition coefficient (Wildman–Crippen LogP) is 4.92. The number of aliphatic imine (C=N–C) groups is 1. The second-order valence-electron chi connectivity index (χ2n) is 4.58. The van der Waals surface area contributed by atoms with Gasteiger partial charge in [-0.1, -0.05) is 23.2 Å². The van der Waals surface area contributed by atoms with E-state index in [4.69, 9.17) is 23.2 Å². The van der Waals surface area contributed by atoms with Gasteiger partial charge in [0.15, 0.2) is 0 Å². The lowest BCUT2D eigenvalue weighted by molar-refractivity contribution is 0.669. The van der Waals surface area contributed by atoms with Gasteiger partial charge in [0.05, 0.1) is 10.7 Å². The van der Waals surface area contributed by atoms with Crippen LogP contribution in [-0.2, 0) is 0 Å². The Hall–Kier alpha value is -1.10. The number of piperidine rings is 1. The molecule has 20 heavy (non-hydrogen) atoms. The van der Waals surface area contributed by atoms with Crippen LogP contribution in [0.1, 0.15) is 19.3 Å². The zero-order chi connectivity index (χ0) is 13.9. The molecule has 1 aliphatic rings. The highest BCUT2D eigenvalue weighted by molar-refractivity contribution is 7.13. The van der Waals surface area contributed by atoms with Crippen LogP contribution in [0.15, 0.2) is 28.6 Å². The summed E-state index contributed by atoms with van der Waals surface area (Å²) in [5, 5.41) is 7.27. The highest BCUT2D eigenvalue weighted by Crippen LogP contribution is 2.33. The Balaban J connectivity index is 1.86. The number of amidine groups is 1. The molecular formula is C14H13Cl2N3S. The molecule has 1 N–H and O–H groups in total. The molecule has 104 valence electrons. The summed E-state index contributed by atoms with van der Waals surface area (Å²) in [5.41, 5.74) is 1.72. The fourth-order valence-corrected chi connectivity index (χ4v) is 3.30. The van der Waals surface area contributed by atoms with Crippen molar-refractivity contribution < 1.29 is 0 Å². The van der Waals surface area contributed by atoms with Crippen LogP contribution in [0, 0.1) is 0 Å². The lowest BCUT2D eigenvalue weighted by atomic mass is 10.1. The van der Waals surface area contributed by atoms with Crippen molar-refractivity contribution in [2.45, 2.75) is 19.3 Å². The number of aromatic nitrogens is 1. The monoisotopic (exact) mass is 325 g/mol. The van der Waals surface area contributed by atoms with Crippen molar-refractivity contribution in [1.29, 1.82) is 0 Å². The van der Waals surface area contributed by atoms with E-state index in [0.717, 1.165) is 35.2 Å². The third-order valence-corrected chi connectivity index (χ3v) is 4.38. The molecule has 2 heterocycles. The molecule has 6 heteroatoms. The molecule has 3 nitrogen and oxygen atoms in total. The summed E-state index contributed by atoms with van der Waals surface area (Å²) in [7, 11) is 0. The number of nitrogens with zero attached hydrogens (tertiary/aromatic N) is 2. The first-order valence-corrected chi connectivity index (χ1v) is 8.08. The molecule has 1 aromatic carbocycles. The van der Waals surface area contributed by atoms with Crippen LogP contribution in [0.3, 0.4) is 0 Å². The van der Waals surface area contributed by atoms with Crippen molar-refractivity contribution in [3.63, 3.8) is 0 Å². The molecule has 2 aromatic rings. The topological polar surface area (TPSA) is 37.3 Å². The van der Waals surface area contributed by atoms with Crippen LogP contribution >= 0.6 is 34.5 Å². The molecule has 3 rings (SSSR count). The summed E-state index contributed by atoms with van der Waals surface area (Å²) in [5.74, 6) is 1.03. The predicted molar refractivity (Wildman–Crippen MR) is 86.5 cm³/mol. The molecular weight excluding hydrogens is 313 g/mol. The minimum absolute atomic E-state index is 0.609. The minimum atomic E-state index is 0.609. The van der Waals surface area contributed by atoms with Crippen molar-refractivity contribution in [3.8, 4) is 11.3 Å². The number of halogens is 2. The third-order valence-electron chi connectivity index (χ3n) is 3.10. The van der Waals surface area contributed by atoms with Crippen molar-refractivity contribution in [3.05, 3.63) is 33.6 Å². The Labute approximate surface area is 131 Å². The molecule has 0 bridgehead atoms. The van der Waals surface area contributed by atoms with Gasteiger partial charge in [-0.2, -0.15) is 0 Å². The van der Waals surface area contributed by atoms with E-state index in [1.54, 1.807) is 6.07 Å². The van der Waals surface area contributed by atoms with Crippen LogP contribution in [-0.4, -0.2) is 17.4 Å². The average molecular weight is 326 g/mol. The van der Waals surface area contributed by atoms with Gasteiger partial charge in [0, 0.05) is 28.9 Å². The smallest absolute Gasteiger partial charge is 0.211 e. The molecule has 0 atom stereocenters. The maximum Gasteiger partial charge on any atom is 0.211 e. The first kappa shape index (κ1) is 13.9. The molecule has 1 fully saturated rings. The Bertz CT molecular complexity index is 644. The number of thiazole rings is 1. The number of hydrogen-bond acceptors (Lipinski definition) is 3. The molecule has 0 radical (unpaired) electrons. The highest BCUT2D eigenvalue weighted by Gasteiger charge is 2.10. The summed E-state index contributed by atoms with van der Waals surface area (Å²) in [6, 6.07) is 5.43. The van der Waals surface area contributed by atoms with Gasteiger partial charge in [-0.25, -0.2) is 9.98 Å². The first-order valence-electron chi connectivity index (χ1n) is 6.45. The molecule has 0 spiro atoms. The van der Waals surface area contributed by atoms with Crippen LogP contribution in [0.5, 0.6) is 0 Å². The third kappa shape index (κ3) is 3.14. The summed E-state index contributed by atoms with van der Waals surface area (Å²) >= 11 is 13.6. The van der Waals surface area contributed by atoms with Gasteiger partial charge in [0.1, 0.15) is 5.84 Å². The van der Waals surface area contributed by atoms with Crippen molar-refractivity contribution in [1.82, 2.24) is 10.3 Å². The highest BCUT2D eigenvalue weighted by atomic mass is 35.5. The molecule has 0 amide bonds. The number of nitrogens with one attached hydrogen (secondary N) is 1. The van der Waals surface area contributed by atoms with Crippen LogP contribution in [0.4, 0.5) is 5.13 Å². The van der Waals surface area contributed by atoms with E-state index < -0.39 is 0 Å². The molecule has 1 saturated heterocycles. The Morgan fingerprint density at radius 1 is 1.25 bits per heavy atom. The van der Waals surface area contributed by atoms with E-state index in [1.165, 1.54) is 24.2 Å². The quantitative estimate of drug-likeness (QED) is 0.850. The lowest BCUT2D eigenvalue weighted by Gasteiger charge is -2.14. The fourth-order valence-electron chi connectivity index (χ4n) is 2.09. The first-order chi connectivity index (χ1) is 9.72. The molecule has 0 saturated carbocycles. The van der Waals surface area contributed by atoms with Crippen molar-refractivity contribution in [2.24, 2.45) is 4.99 Å².